The Balaban J connectivity index is 1.78. The van der Waals surface area contributed by atoms with Gasteiger partial charge in [-0.05, 0) is 35.9 Å². The number of aromatic nitrogens is 2. The first-order chi connectivity index (χ1) is 16.1. The number of alkyl halides is 3. The smallest absolute Gasteiger partial charge is 0.491 e. The molecule has 0 bridgehead atoms. The van der Waals surface area contributed by atoms with Crippen molar-refractivity contribution in [3.8, 4) is 11.5 Å². The molecular weight excluding hydrogens is 464 g/mol. The van der Waals surface area contributed by atoms with E-state index < -0.39 is 34.3 Å². The van der Waals surface area contributed by atoms with Gasteiger partial charge in [-0.1, -0.05) is 6.07 Å². The summed E-state index contributed by atoms with van der Waals surface area (Å²) in [6, 6.07) is 8.17. The summed E-state index contributed by atoms with van der Waals surface area (Å²) in [7, 11) is 0. The van der Waals surface area contributed by atoms with Gasteiger partial charge in [0.15, 0.2) is 11.6 Å². The zero-order chi connectivity index (χ0) is 24.5. The van der Waals surface area contributed by atoms with Crippen molar-refractivity contribution < 1.29 is 36.8 Å². The van der Waals surface area contributed by atoms with Crippen molar-refractivity contribution in [2.24, 2.45) is 0 Å². The summed E-state index contributed by atoms with van der Waals surface area (Å²) in [6.45, 7) is 0.0646. The van der Waals surface area contributed by atoms with Gasteiger partial charge in [0.25, 0.3) is 11.6 Å². The van der Waals surface area contributed by atoms with E-state index in [4.69, 9.17) is 4.74 Å². The summed E-state index contributed by atoms with van der Waals surface area (Å²) in [6.07, 6.45) is -2.73. The van der Waals surface area contributed by atoms with Crippen LogP contribution in [-0.2, 0) is 5.54 Å². The van der Waals surface area contributed by atoms with Crippen molar-refractivity contribution in [3.05, 3.63) is 87.7 Å². The molecule has 4 rings (SSSR count). The molecular formula is C21H14F4N4O5. The van der Waals surface area contributed by atoms with Crippen molar-refractivity contribution in [1.82, 2.24) is 15.3 Å². The molecule has 1 atom stereocenters. The highest BCUT2D eigenvalue weighted by Gasteiger charge is 2.43. The number of fused-ring (bicyclic) bond motifs is 1. The topological polar surface area (TPSA) is 116 Å². The largest absolute Gasteiger partial charge is 0.573 e. The van der Waals surface area contributed by atoms with Crippen molar-refractivity contribution in [3.63, 3.8) is 0 Å². The van der Waals surface area contributed by atoms with Crippen LogP contribution in [0.2, 0.25) is 0 Å². The van der Waals surface area contributed by atoms with Crippen LogP contribution in [0.15, 0.2) is 54.9 Å². The van der Waals surface area contributed by atoms with Crippen LogP contribution in [0.3, 0.4) is 0 Å². The number of carbonyl (C=O) groups is 1. The number of halogens is 4. The molecule has 3 heterocycles. The molecule has 0 radical (unpaired) electrons. The van der Waals surface area contributed by atoms with Crippen molar-refractivity contribution >= 4 is 11.6 Å². The Morgan fingerprint density at radius 2 is 2.00 bits per heavy atom. The Morgan fingerprint density at radius 1 is 1.21 bits per heavy atom. The molecule has 1 unspecified atom stereocenters. The quantitative estimate of drug-likeness (QED) is 0.336. The lowest BCUT2D eigenvalue weighted by Crippen LogP contribution is -2.50. The minimum atomic E-state index is -5.09. The lowest BCUT2D eigenvalue weighted by atomic mass is 9.81. The first kappa shape index (κ1) is 22.9. The molecule has 1 aliphatic heterocycles. The van der Waals surface area contributed by atoms with E-state index in [0.717, 1.165) is 30.5 Å². The van der Waals surface area contributed by atoms with E-state index >= 15 is 0 Å². The number of ether oxygens (including phenoxy) is 2. The summed E-state index contributed by atoms with van der Waals surface area (Å²) < 4.78 is 61.6. The minimum Gasteiger partial charge on any atom is -0.491 e. The number of carbonyl (C=O) groups excluding carboxylic acids is 1. The fourth-order valence-electron chi connectivity index (χ4n) is 3.59. The summed E-state index contributed by atoms with van der Waals surface area (Å²) in [5.74, 6) is -2.84. The molecule has 1 aromatic carbocycles. The average molecular weight is 478 g/mol. The molecule has 0 saturated heterocycles. The van der Waals surface area contributed by atoms with Crippen LogP contribution in [-0.4, -0.2) is 33.8 Å². The van der Waals surface area contributed by atoms with Gasteiger partial charge in [0.05, 0.1) is 11.5 Å². The molecule has 0 fully saturated rings. The van der Waals surface area contributed by atoms with E-state index in [0.29, 0.717) is 0 Å². The predicted molar refractivity (Wildman–Crippen MR) is 107 cm³/mol. The molecule has 2 aromatic heterocycles. The lowest BCUT2D eigenvalue weighted by molar-refractivity contribution is -0.385. The van der Waals surface area contributed by atoms with E-state index in [1.165, 1.54) is 12.3 Å². The third-order valence-corrected chi connectivity index (χ3v) is 5.08. The van der Waals surface area contributed by atoms with E-state index in [9.17, 15) is 32.5 Å². The molecule has 1 N–H and O–H groups in total. The fourth-order valence-corrected chi connectivity index (χ4v) is 3.59. The highest BCUT2D eigenvalue weighted by Crippen LogP contribution is 2.42. The Bertz CT molecular complexity index is 1250. The van der Waals surface area contributed by atoms with Gasteiger partial charge in [0.1, 0.15) is 28.9 Å². The van der Waals surface area contributed by atoms with Gasteiger partial charge in [-0.3, -0.25) is 19.9 Å². The van der Waals surface area contributed by atoms with Gasteiger partial charge in [0, 0.05) is 18.7 Å². The Morgan fingerprint density at radius 3 is 2.65 bits per heavy atom. The normalized spacial score (nSPS) is 17.3. The summed E-state index contributed by atoms with van der Waals surface area (Å²) in [5.41, 5.74) is -1.73. The molecule has 0 aliphatic carbocycles. The van der Waals surface area contributed by atoms with Gasteiger partial charge in [-0.15, -0.1) is 13.2 Å². The van der Waals surface area contributed by atoms with Gasteiger partial charge in [0.2, 0.25) is 0 Å². The van der Waals surface area contributed by atoms with Crippen LogP contribution < -0.4 is 14.8 Å². The zero-order valence-electron chi connectivity index (χ0n) is 17.0. The predicted octanol–water partition coefficient (Wildman–Crippen LogP) is 3.88. The lowest BCUT2D eigenvalue weighted by Gasteiger charge is -2.39. The van der Waals surface area contributed by atoms with E-state index in [1.54, 1.807) is 12.1 Å². The van der Waals surface area contributed by atoms with Gasteiger partial charge in [-0.25, -0.2) is 9.37 Å². The third-order valence-electron chi connectivity index (χ3n) is 5.08. The number of rotatable bonds is 5. The van der Waals surface area contributed by atoms with Crippen molar-refractivity contribution in [2.75, 3.05) is 6.61 Å². The zero-order valence-corrected chi connectivity index (χ0v) is 17.0. The number of pyridine rings is 2. The number of amides is 1. The van der Waals surface area contributed by atoms with Crippen LogP contribution in [0.5, 0.6) is 11.5 Å². The van der Waals surface area contributed by atoms with Crippen molar-refractivity contribution in [2.45, 2.75) is 18.3 Å². The Hall–Kier alpha value is -4.29. The second kappa shape index (κ2) is 8.57. The molecule has 3 aromatic rings. The molecule has 1 aliphatic rings. The average Bonchev–Trinajstić information content (AvgIpc) is 2.79. The van der Waals surface area contributed by atoms with Crippen LogP contribution >= 0.6 is 0 Å². The Kier molecular flexibility index (Phi) is 5.77. The summed E-state index contributed by atoms with van der Waals surface area (Å²) >= 11 is 0. The molecule has 0 saturated carbocycles. The van der Waals surface area contributed by atoms with Crippen LogP contribution in [0.25, 0.3) is 0 Å². The first-order valence-electron chi connectivity index (χ1n) is 9.66. The van der Waals surface area contributed by atoms with Crippen LogP contribution in [0, 0.1) is 15.9 Å². The molecule has 0 spiro atoms. The first-order valence-corrected chi connectivity index (χ1v) is 9.66. The van der Waals surface area contributed by atoms with Gasteiger partial charge < -0.3 is 14.8 Å². The van der Waals surface area contributed by atoms with E-state index in [-0.39, 0.29) is 41.4 Å². The molecule has 34 heavy (non-hydrogen) atoms. The van der Waals surface area contributed by atoms with Gasteiger partial charge in [-0.2, -0.15) is 0 Å². The number of nitrogens with zero attached hydrogens (tertiary/aromatic N) is 3. The standard InChI is InChI=1S/C21H14F4N4O5/c22-14-10-12(3-6-16(14)34-21(23,24)25)20(7-9-33-17-2-1-8-26-18(17)20)28-19(30)15-5-4-13(11-27-15)29(31)32/h1-6,8,10-11H,7,9H2,(H,28,30). The number of nitrogens with one attached hydrogen (secondary N) is 1. The third kappa shape index (κ3) is 4.44. The maximum Gasteiger partial charge on any atom is 0.573 e. The van der Waals surface area contributed by atoms with Crippen LogP contribution in [0.4, 0.5) is 23.2 Å². The highest BCUT2D eigenvalue weighted by atomic mass is 19.4. The second-order valence-corrected chi connectivity index (χ2v) is 7.16. The highest BCUT2D eigenvalue weighted by molar-refractivity contribution is 5.93. The van der Waals surface area contributed by atoms with Crippen LogP contribution in [0.1, 0.15) is 28.2 Å². The maximum atomic E-state index is 14.6. The number of nitro groups is 1. The summed E-state index contributed by atoms with van der Waals surface area (Å²) in [5, 5.41) is 13.6. The monoisotopic (exact) mass is 478 g/mol. The summed E-state index contributed by atoms with van der Waals surface area (Å²) in [4.78, 5) is 31.3. The molecule has 1 amide bonds. The Labute approximate surface area is 188 Å². The number of hydrogen-bond donors (Lipinski definition) is 1. The SMILES string of the molecule is O=C(NC1(c2ccc(OC(F)(F)F)c(F)c2)CCOc2cccnc21)c1ccc([N+](=O)[O-])cn1. The van der Waals surface area contributed by atoms with Gasteiger partial charge >= 0.3 is 6.36 Å². The fraction of sp³-hybridized carbons (Fsp3) is 0.190. The molecule has 9 nitrogen and oxygen atoms in total. The van der Waals surface area contributed by atoms with E-state index in [1.807, 2.05) is 0 Å². The maximum absolute atomic E-state index is 14.6. The second-order valence-electron chi connectivity index (χ2n) is 7.16. The molecule has 13 heteroatoms. The van der Waals surface area contributed by atoms with Crippen molar-refractivity contribution in [1.29, 1.82) is 0 Å². The van der Waals surface area contributed by atoms with E-state index in [2.05, 4.69) is 20.0 Å². The molecule has 176 valence electrons. The number of hydrogen-bond acceptors (Lipinski definition) is 7. The number of benzene rings is 1. The minimum absolute atomic E-state index is 0.0502.